The highest BCUT2D eigenvalue weighted by Gasteiger charge is 1.92. The molecule has 0 saturated heterocycles. The van der Waals surface area contributed by atoms with E-state index in [1.54, 1.807) is 0 Å². The molecule has 0 radical (unpaired) electrons. The second-order valence-corrected chi connectivity index (χ2v) is 3.61. The van der Waals surface area contributed by atoms with Crippen molar-refractivity contribution in [1.82, 2.24) is 5.32 Å². The second kappa shape index (κ2) is 10.2. The SMILES string of the molecule is OCCOCCOCCNCc1ccccc1. The Kier molecular flexibility index (Phi) is 8.50. The molecule has 0 aromatic heterocycles. The van der Waals surface area contributed by atoms with E-state index in [1.165, 1.54) is 5.56 Å². The molecule has 0 unspecified atom stereocenters. The second-order valence-electron chi connectivity index (χ2n) is 3.61. The standard InChI is InChI=1S/C13H21NO3/c15-7-9-17-11-10-16-8-6-14-12-13-4-2-1-3-5-13/h1-5,14-15H,6-12H2. The van der Waals surface area contributed by atoms with E-state index in [4.69, 9.17) is 14.6 Å². The highest BCUT2D eigenvalue weighted by atomic mass is 16.5. The van der Waals surface area contributed by atoms with Crippen LogP contribution in [0.4, 0.5) is 0 Å². The fourth-order valence-corrected chi connectivity index (χ4v) is 1.36. The number of rotatable bonds is 10. The summed E-state index contributed by atoms with van der Waals surface area (Å²) in [6.07, 6.45) is 0. The van der Waals surface area contributed by atoms with Gasteiger partial charge in [-0.2, -0.15) is 0 Å². The summed E-state index contributed by atoms with van der Waals surface area (Å²) < 4.78 is 10.4. The van der Waals surface area contributed by atoms with Crippen LogP contribution in [0.1, 0.15) is 5.56 Å². The van der Waals surface area contributed by atoms with Gasteiger partial charge in [-0.25, -0.2) is 0 Å². The highest BCUT2D eigenvalue weighted by Crippen LogP contribution is 1.96. The van der Waals surface area contributed by atoms with Crippen LogP contribution in [-0.4, -0.2) is 44.7 Å². The Morgan fingerprint density at radius 3 is 2.35 bits per heavy atom. The third kappa shape index (κ3) is 7.88. The molecule has 4 nitrogen and oxygen atoms in total. The van der Waals surface area contributed by atoms with Crippen LogP contribution in [0.2, 0.25) is 0 Å². The lowest BCUT2D eigenvalue weighted by molar-refractivity contribution is 0.0340. The minimum absolute atomic E-state index is 0.0681. The molecule has 0 aliphatic rings. The average Bonchev–Trinajstić information content (AvgIpc) is 2.38. The van der Waals surface area contributed by atoms with Crippen LogP contribution in [0.25, 0.3) is 0 Å². The molecule has 1 aromatic rings. The van der Waals surface area contributed by atoms with E-state index < -0.39 is 0 Å². The molecule has 17 heavy (non-hydrogen) atoms. The van der Waals surface area contributed by atoms with Gasteiger partial charge in [0.25, 0.3) is 0 Å². The molecule has 2 N–H and O–H groups in total. The first-order chi connectivity index (χ1) is 8.43. The fourth-order valence-electron chi connectivity index (χ4n) is 1.36. The van der Waals surface area contributed by atoms with Crippen LogP contribution >= 0.6 is 0 Å². The number of aliphatic hydroxyl groups is 1. The van der Waals surface area contributed by atoms with Crippen LogP contribution in [0.15, 0.2) is 30.3 Å². The van der Waals surface area contributed by atoms with Gasteiger partial charge < -0.3 is 19.9 Å². The molecule has 0 spiro atoms. The maximum absolute atomic E-state index is 8.47. The van der Waals surface area contributed by atoms with Gasteiger partial charge in [-0.3, -0.25) is 0 Å². The van der Waals surface area contributed by atoms with Crippen LogP contribution in [0, 0.1) is 0 Å². The van der Waals surface area contributed by atoms with E-state index in [2.05, 4.69) is 17.4 Å². The summed E-state index contributed by atoms with van der Waals surface area (Å²) in [5.74, 6) is 0. The number of nitrogens with one attached hydrogen (secondary N) is 1. The number of hydrogen-bond donors (Lipinski definition) is 2. The molecule has 4 heteroatoms. The van der Waals surface area contributed by atoms with Gasteiger partial charge in [0.05, 0.1) is 33.0 Å². The Morgan fingerprint density at radius 1 is 0.941 bits per heavy atom. The van der Waals surface area contributed by atoms with Crippen molar-refractivity contribution in [3.05, 3.63) is 35.9 Å². The van der Waals surface area contributed by atoms with Gasteiger partial charge in [-0.15, -0.1) is 0 Å². The number of aliphatic hydroxyl groups excluding tert-OH is 1. The van der Waals surface area contributed by atoms with Crippen molar-refractivity contribution in [1.29, 1.82) is 0 Å². The van der Waals surface area contributed by atoms with Gasteiger partial charge in [0.1, 0.15) is 0 Å². The first kappa shape index (κ1) is 14.1. The molecule has 1 aromatic carbocycles. The Bertz CT molecular complexity index is 267. The first-order valence-corrected chi connectivity index (χ1v) is 5.94. The zero-order valence-electron chi connectivity index (χ0n) is 10.1. The van der Waals surface area contributed by atoms with Crippen molar-refractivity contribution in [2.45, 2.75) is 6.54 Å². The van der Waals surface area contributed by atoms with Gasteiger partial charge in [-0.1, -0.05) is 30.3 Å². The Labute approximate surface area is 103 Å². The van der Waals surface area contributed by atoms with E-state index in [-0.39, 0.29) is 6.61 Å². The summed E-state index contributed by atoms with van der Waals surface area (Å²) in [5, 5.41) is 11.8. The number of hydrogen-bond acceptors (Lipinski definition) is 4. The Hall–Kier alpha value is -0.940. The van der Waals surface area contributed by atoms with Gasteiger partial charge in [0.15, 0.2) is 0 Å². The third-order valence-electron chi connectivity index (χ3n) is 2.20. The molecular formula is C13H21NO3. The predicted octanol–water partition coefficient (Wildman–Crippen LogP) is 0.802. The largest absolute Gasteiger partial charge is 0.394 e. The van der Waals surface area contributed by atoms with E-state index >= 15 is 0 Å². The lowest BCUT2D eigenvalue weighted by Crippen LogP contribution is -2.20. The normalized spacial score (nSPS) is 10.6. The summed E-state index contributed by atoms with van der Waals surface area (Å²) in [4.78, 5) is 0. The molecule has 0 aliphatic carbocycles. The molecule has 0 amide bonds. The minimum atomic E-state index is 0.0681. The van der Waals surface area contributed by atoms with Gasteiger partial charge in [0.2, 0.25) is 0 Å². The molecule has 0 saturated carbocycles. The quantitative estimate of drug-likeness (QED) is 0.593. The molecule has 0 aliphatic heterocycles. The molecular weight excluding hydrogens is 218 g/mol. The van der Waals surface area contributed by atoms with E-state index in [0.717, 1.165) is 13.1 Å². The molecule has 96 valence electrons. The van der Waals surface area contributed by atoms with Crippen LogP contribution < -0.4 is 5.32 Å². The zero-order chi connectivity index (χ0) is 12.2. The highest BCUT2D eigenvalue weighted by molar-refractivity contribution is 5.14. The maximum Gasteiger partial charge on any atom is 0.0701 e. The summed E-state index contributed by atoms with van der Waals surface area (Å²) in [6, 6.07) is 10.3. The van der Waals surface area contributed by atoms with Crippen LogP contribution in [-0.2, 0) is 16.0 Å². The molecule has 0 fully saturated rings. The molecule has 1 rings (SSSR count). The number of ether oxygens (including phenoxy) is 2. The van der Waals surface area contributed by atoms with Crippen molar-refractivity contribution < 1.29 is 14.6 Å². The van der Waals surface area contributed by atoms with Gasteiger partial charge in [-0.05, 0) is 5.56 Å². The monoisotopic (exact) mass is 239 g/mol. The lowest BCUT2D eigenvalue weighted by Gasteiger charge is -2.06. The fraction of sp³-hybridized carbons (Fsp3) is 0.538. The average molecular weight is 239 g/mol. The molecule has 0 atom stereocenters. The van der Waals surface area contributed by atoms with E-state index in [0.29, 0.717) is 26.4 Å². The lowest BCUT2D eigenvalue weighted by atomic mass is 10.2. The van der Waals surface area contributed by atoms with Crippen molar-refractivity contribution in [2.24, 2.45) is 0 Å². The van der Waals surface area contributed by atoms with Crippen molar-refractivity contribution in [2.75, 3.05) is 39.6 Å². The summed E-state index contributed by atoms with van der Waals surface area (Å²) >= 11 is 0. The Balaban J connectivity index is 1.85. The smallest absolute Gasteiger partial charge is 0.0701 e. The van der Waals surface area contributed by atoms with Crippen LogP contribution in [0.5, 0.6) is 0 Å². The van der Waals surface area contributed by atoms with Crippen molar-refractivity contribution in [3.63, 3.8) is 0 Å². The van der Waals surface area contributed by atoms with Crippen LogP contribution in [0.3, 0.4) is 0 Å². The number of benzene rings is 1. The zero-order valence-corrected chi connectivity index (χ0v) is 10.1. The minimum Gasteiger partial charge on any atom is -0.394 e. The molecule has 0 heterocycles. The van der Waals surface area contributed by atoms with E-state index in [9.17, 15) is 0 Å². The summed E-state index contributed by atoms with van der Waals surface area (Å²) in [7, 11) is 0. The topological polar surface area (TPSA) is 50.7 Å². The van der Waals surface area contributed by atoms with Gasteiger partial charge in [0, 0.05) is 13.1 Å². The van der Waals surface area contributed by atoms with E-state index in [1.807, 2.05) is 18.2 Å². The van der Waals surface area contributed by atoms with Crippen molar-refractivity contribution >= 4 is 0 Å². The summed E-state index contributed by atoms with van der Waals surface area (Å²) in [6.45, 7) is 3.94. The molecule has 0 bridgehead atoms. The maximum atomic E-state index is 8.47. The van der Waals surface area contributed by atoms with Gasteiger partial charge >= 0.3 is 0 Å². The Morgan fingerprint density at radius 2 is 1.65 bits per heavy atom. The first-order valence-electron chi connectivity index (χ1n) is 5.94. The third-order valence-corrected chi connectivity index (χ3v) is 2.20. The van der Waals surface area contributed by atoms with Crippen molar-refractivity contribution in [3.8, 4) is 0 Å². The summed E-state index contributed by atoms with van der Waals surface area (Å²) in [5.41, 5.74) is 1.28. The predicted molar refractivity (Wildman–Crippen MR) is 66.9 cm³/mol.